The minimum Gasteiger partial charge on any atom is -0.355 e. The Balaban J connectivity index is 1.97. The fraction of sp³-hybridized carbons (Fsp3) is 0.0588. The maximum atomic E-state index is 11.8. The molecule has 2 amide bonds. The van der Waals surface area contributed by atoms with Gasteiger partial charge in [0, 0.05) is 27.9 Å². The number of rotatable bonds is 4. The van der Waals surface area contributed by atoms with Crippen LogP contribution in [0, 0.1) is 3.57 Å². The minimum absolute atomic E-state index is 0.132. The summed E-state index contributed by atoms with van der Waals surface area (Å²) in [7, 11) is 1.59. The van der Waals surface area contributed by atoms with E-state index in [0.29, 0.717) is 5.56 Å². The number of hydrogen-bond donors (Lipinski definition) is 2. The van der Waals surface area contributed by atoms with Crippen molar-refractivity contribution in [2.24, 2.45) is 0 Å². The first-order chi connectivity index (χ1) is 10.6. The molecular weight excluding hydrogens is 391 g/mol. The molecule has 0 saturated carbocycles. The molecule has 0 atom stereocenters. The van der Waals surface area contributed by atoms with Crippen molar-refractivity contribution in [2.75, 3.05) is 12.4 Å². The molecule has 0 fully saturated rings. The summed E-state index contributed by atoms with van der Waals surface area (Å²) < 4.78 is 1.11. The Kier molecular flexibility index (Phi) is 5.71. The maximum absolute atomic E-state index is 11.8. The highest BCUT2D eigenvalue weighted by Crippen LogP contribution is 2.11. The van der Waals surface area contributed by atoms with Crippen molar-refractivity contribution < 1.29 is 9.59 Å². The van der Waals surface area contributed by atoms with E-state index < -0.39 is 0 Å². The first-order valence-corrected chi connectivity index (χ1v) is 7.73. The highest BCUT2D eigenvalue weighted by Gasteiger charge is 2.01. The summed E-state index contributed by atoms with van der Waals surface area (Å²) in [6.45, 7) is 0. The molecule has 0 spiro atoms. The standard InChI is InChI=1S/C17H15IN2O2/c1-19-17(22)13-5-2-12(3-6-13)4-11-16(21)20-15-9-7-14(18)8-10-15/h2-11H,1H3,(H,19,22)(H,20,21). The number of halogens is 1. The smallest absolute Gasteiger partial charge is 0.251 e. The average molecular weight is 406 g/mol. The number of amides is 2. The molecule has 0 bridgehead atoms. The predicted molar refractivity (Wildman–Crippen MR) is 96.7 cm³/mol. The van der Waals surface area contributed by atoms with Gasteiger partial charge in [-0.1, -0.05) is 12.1 Å². The molecule has 0 heterocycles. The molecule has 5 heteroatoms. The molecule has 22 heavy (non-hydrogen) atoms. The van der Waals surface area contributed by atoms with Gasteiger partial charge in [0.2, 0.25) is 5.91 Å². The van der Waals surface area contributed by atoms with Gasteiger partial charge in [0.15, 0.2) is 0 Å². The predicted octanol–water partition coefficient (Wildman–Crippen LogP) is 3.30. The van der Waals surface area contributed by atoms with Gasteiger partial charge in [-0.3, -0.25) is 9.59 Å². The van der Waals surface area contributed by atoms with Crippen LogP contribution in [0.1, 0.15) is 15.9 Å². The van der Waals surface area contributed by atoms with E-state index in [1.807, 2.05) is 24.3 Å². The molecule has 2 aromatic rings. The van der Waals surface area contributed by atoms with Gasteiger partial charge in [0.1, 0.15) is 0 Å². The normalized spacial score (nSPS) is 10.5. The Labute approximate surface area is 142 Å². The highest BCUT2D eigenvalue weighted by atomic mass is 127. The lowest BCUT2D eigenvalue weighted by atomic mass is 10.1. The zero-order valence-electron chi connectivity index (χ0n) is 12.0. The van der Waals surface area contributed by atoms with E-state index in [4.69, 9.17) is 0 Å². The molecule has 0 saturated heterocycles. The average Bonchev–Trinajstić information content (AvgIpc) is 2.55. The van der Waals surface area contributed by atoms with Crippen LogP contribution in [-0.2, 0) is 4.79 Å². The Hall–Kier alpha value is -2.15. The fourth-order valence-corrected chi connectivity index (χ4v) is 2.14. The van der Waals surface area contributed by atoms with E-state index in [9.17, 15) is 9.59 Å². The molecule has 2 rings (SSSR count). The van der Waals surface area contributed by atoms with Crippen molar-refractivity contribution in [1.82, 2.24) is 5.32 Å². The summed E-state index contributed by atoms with van der Waals surface area (Å²) in [5, 5.41) is 5.35. The fourth-order valence-electron chi connectivity index (χ4n) is 1.78. The van der Waals surface area contributed by atoms with Crippen LogP contribution in [0.5, 0.6) is 0 Å². The van der Waals surface area contributed by atoms with Crippen LogP contribution in [0.15, 0.2) is 54.6 Å². The molecular formula is C17H15IN2O2. The maximum Gasteiger partial charge on any atom is 0.251 e. The van der Waals surface area contributed by atoms with Gasteiger partial charge in [-0.25, -0.2) is 0 Å². The van der Waals surface area contributed by atoms with Crippen molar-refractivity contribution in [3.05, 3.63) is 69.3 Å². The van der Waals surface area contributed by atoms with Gasteiger partial charge in [0.05, 0.1) is 0 Å². The van der Waals surface area contributed by atoms with E-state index >= 15 is 0 Å². The van der Waals surface area contributed by atoms with Crippen LogP contribution in [0.4, 0.5) is 5.69 Å². The zero-order valence-corrected chi connectivity index (χ0v) is 14.1. The second-order valence-electron chi connectivity index (χ2n) is 4.53. The summed E-state index contributed by atoms with van der Waals surface area (Å²) >= 11 is 2.21. The first kappa shape index (κ1) is 16.2. The SMILES string of the molecule is CNC(=O)c1ccc(C=CC(=O)Nc2ccc(I)cc2)cc1. The lowest BCUT2D eigenvalue weighted by molar-refractivity contribution is -0.111. The quantitative estimate of drug-likeness (QED) is 0.605. The number of nitrogens with one attached hydrogen (secondary N) is 2. The summed E-state index contributed by atoms with van der Waals surface area (Å²) in [5.41, 5.74) is 2.19. The lowest BCUT2D eigenvalue weighted by Gasteiger charge is -2.02. The third kappa shape index (κ3) is 4.70. The zero-order chi connectivity index (χ0) is 15.9. The first-order valence-electron chi connectivity index (χ1n) is 6.65. The van der Waals surface area contributed by atoms with Gasteiger partial charge >= 0.3 is 0 Å². The van der Waals surface area contributed by atoms with Crippen LogP contribution in [-0.4, -0.2) is 18.9 Å². The molecule has 0 unspecified atom stereocenters. The van der Waals surface area contributed by atoms with Crippen LogP contribution in [0.3, 0.4) is 0 Å². The molecule has 0 aromatic heterocycles. The van der Waals surface area contributed by atoms with Gasteiger partial charge in [-0.05, 0) is 70.6 Å². The Morgan fingerprint density at radius 1 is 1.00 bits per heavy atom. The molecule has 0 aliphatic heterocycles. The van der Waals surface area contributed by atoms with Crippen molar-refractivity contribution in [3.8, 4) is 0 Å². The second kappa shape index (κ2) is 7.74. The minimum atomic E-state index is -0.198. The molecule has 2 N–H and O–H groups in total. The van der Waals surface area contributed by atoms with Crippen molar-refractivity contribution in [1.29, 1.82) is 0 Å². The van der Waals surface area contributed by atoms with Crippen molar-refractivity contribution >= 4 is 46.2 Å². The topological polar surface area (TPSA) is 58.2 Å². The van der Waals surface area contributed by atoms with E-state index in [-0.39, 0.29) is 11.8 Å². The second-order valence-corrected chi connectivity index (χ2v) is 5.78. The van der Waals surface area contributed by atoms with Gasteiger partial charge in [0.25, 0.3) is 5.91 Å². The third-order valence-corrected chi connectivity index (χ3v) is 3.66. The van der Waals surface area contributed by atoms with Crippen LogP contribution >= 0.6 is 22.6 Å². The number of hydrogen-bond acceptors (Lipinski definition) is 2. The van der Waals surface area contributed by atoms with E-state index in [1.165, 1.54) is 6.08 Å². The third-order valence-electron chi connectivity index (χ3n) is 2.94. The van der Waals surface area contributed by atoms with Crippen LogP contribution < -0.4 is 10.6 Å². The number of carbonyl (C=O) groups is 2. The van der Waals surface area contributed by atoms with E-state index in [2.05, 4.69) is 33.2 Å². The Morgan fingerprint density at radius 3 is 2.23 bits per heavy atom. The monoisotopic (exact) mass is 406 g/mol. The number of anilines is 1. The number of benzene rings is 2. The van der Waals surface area contributed by atoms with Crippen LogP contribution in [0.25, 0.3) is 6.08 Å². The molecule has 0 radical (unpaired) electrons. The van der Waals surface area contributed by atoms with Crippen molar-refractivity contribution in [2.45, 2.75) is 0 Å². The van der Waals surface area contributed by atoms with Crippen molar-refractivity contribution in [3.63, 3.8) is 0 Å². The van der Waals surface area contributed by atoms with Gasteiger partial charge < -0.3 is 10.6 Å². The van der Waals surface area contributed by atoms with E-state index in [0.717, 1.165) is 14.8 Å². The molecule has 112 valence electrons. The summed E-state index contributed by atoms with van der Waals surface area (Å²) in [4.78, 5) is 23.3. The van der Waals surface area contributed by atoms with E-state index in [1.54, 1.807) is 37.4 Å². The number of carbonyl (C=O) groups excluding carboxylic acids is 2. The molecule has 4 nitrogen and oxygen atoms in total. The molecule has 0 aliphatic rings. The summed E-state index contributed by atoms with van der Waals surface area (Å²) in [6.07, 6.45) is 3.17. The summed E-state index contributed by atoms with van der Waals surface area (Å²) in [5.74, 6) is -0.330. The lowest BCUT2D eigenvalue weighted by Crippen LogP contribution is -2.17. The summed E-state index contributed by atoms with van der Waals surface area (Å²) in [6, 6.07) is 14.6. The highest BCUT2D eigenvalue weighted by molar-refractivity contribution is 14.1. The molecule has 0 aliphatic carbocycles. The van der Waals surface area contributed by atoms with Crippen LogP contribution in [0.2, 0.25) is 0 Å². The van der Waals surface area contributed by atoms with Gasteiger partial charge in [-0.15, -0.1) is 0 Å². The van der Waals surface area contributed by atoms with Gasteiger partial charge in [-0.2, -0.15) is 0 Å². The molecule has 2 aromatic carbocycles. The Bertz CT molecular complexity index is 692. The largest absolute Gasteiger partial charge is 0.355 e. The Morgan fingerprint density at radius 2 is 1.64 bits per heavy atom.